The van der Waals surface area contributed by atoms with Crippen molar-refractivity contribution in [3.8, 4) is 0 Å². The maximum absolute atomic E-state index is 12.4. The third-order valence-corrected chi connectivity index (χ3v) is 5.40. The van der Waals surface area contributed by atoms with Crippen molar-refractivity contribution in [3.63, 3.8) is 0 Å². The maximum atomic E-state index is 12.4. The van der Waals surface area contributed by atoms with E-state index in [1.807, 2.05) is 6.92 Å². The quantitative estimate of drug-likeness (QED) is 0.682. The zero-order chi connectivity index (χ0) is 13.2. The summed E-state index contributed by atoms with van der Waals surface area (Å²) in [5, 5.41) is 0. The summed E-state index contributed by atoms with van der Waals surface area (Å²) >= 11 is 5.77. The van der Waals surface area contributed by atoms with Gasteiger partial charge in [-0.2, -0.15) is 17.0 Å². The minimum absolute atomic E-state index is 0.127. The van der Waals surface area contributed by atoms with Crippen LogP contribution >= 0.6 is 11.6 Å². The lowest BCUT2D eigenvalue weighted by Crippen LogP contribution is -2.55. The van der Waals surface area contributed by atoms with Crippen LogP contribution in [-0.2, 0) is 19.7 Å². The van der Waals surface area contributed by atoms with Crippen LogP contribution in [0.3, 0.4) is 0 Å². The van der Waals surface area contributed by atoms with Gasteiger partial charge in [-0.05, 0) is 6.92 Å². The van der Waals surface area contributed by atoms with Crippen LogP contribution in [0, 0.1) is 0 Å². The molecule has 0 radical (unpaired) electrons. The van der Waals surface area contributed by atoms with Crippen LogP contribution in [0.25, 0.3) is 0 Å². The van der Waals surface area contributed by atoms with Crippen molar-refractivity contribution in [3.05, 3.63) is 0 Å². The zero-order valence-corrected chi connectivity index (χ0v) is 12.0. The van der Waals surface area contributed by atoms with Crippen molar-refractivity contribution >= 4 is 21.8 Å². The lowest BCUT2D eigenvalue weighted by Gasteiger charge is -2.38. The molecule has 6 nitrogen and oxygen atoms in total. The van der Waals surface area contributed by atoms with E-state index >= 15 is 0 Å². The number of hydrogen-bond acceptors (Lipinski definition) is 4. The number of ether oxygens (including phenoxy) is 2. The number of morpholine rings is 2. The van der Waals surface area contributed by atoms with Gasteiger partial charge in [0.1, 0.15) is 0 Å². The molecule has 0 aromatic heterocycles. The Bertz CT molecular complexity index is 372. The first-order valence-corrected chi connectivity index (χ1v) is 8.01. The zero-order valence-electron chi connectivity index (χ0n) is 10.4. The third-order valence-electron chi connectivity index (χ3n) is 3.09. The average molecular weight is 299 g/mol. The van der Waals surface area contributed by atoms with Gasteiger partial charge in [0.05, 0.1) is 25.4 Å². The predicted molar refractivity (Wildman–Crippen MR) is 67.9 cm³/mol. The highest BCUT2D eigenvalue weighted by molar-refractivity contribution is 7.86. The molecule has 0 saturated carbocycles. The van der Waals surface area contributed by atoms with Gasteiger partial charge in [0, 0.05) is 32.1 Å². The largest absolute Gasteiger partial charge is 0.379 e. The van der Waals surface area contributed by atoms with Gasteiger partial charge in [0.25, 0.3) is 10.2 Å². The van der Waals surface area contributed by atoms with Crippen LogP contribution in [0.1, 0.15) is 6.92 Å². The summed E-state index contributed by atoms with van der Waals surface area (Å²) in [6, 6.07) is 0. The van der Waals surface area contributed by atoms with E-state index in [4.69, 9.17) is 21.1 Å². The molecule has 0 bridgehead atoms. The van der Waals surface area contributed by atoms with Crippen LogP contribution in [0.15, 0.2) is 0 Å². The van der Waals surface area contributed by atoms with Crippen LogP contribution in [-0.4, -0.2) is 74.5 Å². The highest BCUT2D eigenvalue weighted by Gasteiger charge is 2.36. The number of nitrogens with zero attached hydrogens (tertiary/aromatic N) is 2. The molecule has 106 valence electrons. The van der Waals surface area contributed by atoms with Gasteiger partial charge in [-0.25, -0.2) is 0 Å². The highest BCUT2D eigenvalue weighted by atomic mass is 35.5. The molecule has 0 spiro atoms. The monoisotopic (exact) mass is 298 g/mol. The average Bonchev–Trinajstić information content (AvgIpc) is 2.39. The Labute approximate surface area is 113 Å². The highest BCUT2D eigenvalue weighted by Crippen LogP contribution is 2.19. The summed E-state index contributed by atoms with van der Waals surface area (Å²) < 4.78 is 38.6. The van der Waals surface area contributed by atoms with Crippen LogP contribution in [0.2, 0.25) is 0 Å². The predicted octanol–water partition coefficient (Wildman–Crippen LogP) is -0.108. The van der Waals surface area contributed by atoms with Gasteiger partial charge < -0.3 is 9.47 Å². The van der Waals surface area contributed by atoms with Gasteiger partial charge in [-0.15, -0.1) is 11.6 Å². The summed E-state index contributed by atoms with van der Waals surface area (Å²) in [5.41, 5.74) is 0. The summed E-state index contributed by atoms with van der Waals surface area (Å²) in [6.45, 7) is 4.32. The van der Waals surface area contributed by atoms with Gasteiger partial charge in [0.2, 0.25) is 0 Å². The number of halogens is 1. The Morgan fingerprint density at radius 2 is 1.89 bits per heavy atom. The summed E-state index contributed by atoms with van der Waals surface area (Å²) in [6.07, 6.45) is -0.357. The van der Waals surface area contributed by atoms with Crippen molar-refractivity contribution in [2.24, 2.45) is 0 Å². The SMILES string of the molecule is CC1CN(S(=O)(=O)N2CCOCC2)CC(CCl)O1. The number of rotatable bonds is 3. The Kier molecular flexibility index (Phi) is 4.85. The molecule has 8 heteroatoms. The van der Waals surface area contributed by atoms with E-state index in [9.17, 15) is 8.42 Å². The molecule has 2 rings (SSSR count). The van der Waals surface area contributed by atoms with E-state index in [2.05, 4.69) is 0 Å². The Morgan fingerprint density at radius 1 is 1.22 bits per heavy atom. The van der Waals surface area contributed by atoms with Crippen molar-refractivity contribution in [1.29, 1.82) is 0 Å². The van der Waals surface area contributed by atoms with Gasteiger partial charge >= 0.3 is 0 Å². The lowest BCUT2D eigenvalue weighted by molar-refractivity contribution is -0.0446. The molecular formula is C10H19ClN2O4S. The first-order valence-electron chi connectivity index (χ1n) is 6.08. The van der Waals surface area contributed by atoms with Crippen LogP contribution in [0.5, 0.6) is 0 Å². The fourth-order valence-electron chi connectivity index (χ4n) is 2.22. The van der Waals surface area contributed by atoms with E-state index in [1.165, 1.54) is 8.61 Å². The Balaban J connectivity index is 2.08. The van der Waals surface area contributed by atoms with Crippen molar-refractivity contribution in [2.45, 2.75) is 19.1 Å². The first-order chi connectivity index (χ1) is 8.54. The van der Waals surface area contributed by atoms with Crippen LogP contribution in [0.4, 0.5) is 0 Å². The maximum Gasteiger partial charge on any atom is 0.282 e. The summed E-state index contributed by atoms with van der Waals surface area (Å²) in [5.74, 6) is 0.305. The molecule has 0 N–H and O–H groups in total. The normalized spacial score (nSPS) is 32.6. The van der Waals surface area contributed by atoms with E-state index in [0.717, 1.165) is 0 Å². The molecule has 2 fully saturated rings. The summed E-state index contributed by atoms with van der Waals surface area (Å²) in [7, 11) is -3.41. The van der Waals surface area contributed by atoms with E-state index in [-0.39, 0.29) is 12.2 Å². The molecule has 2 aliphatic heterocycles. The molecule has 18 heavy (non-hydrogen) atoms. The molecule has 2 saturated heterocycles. The second-order valence-electron chi connectivity index (χ2n) is 4.56. The van der Waals surface area contributed by atoms with Gasteiger partial charge in [-0.3, -0.25) is 0 Å². The van der Waals surface area contributed by atoms with Crippen molar-refractivity contribution < 1.29 is 17.9 Å². The Morgan fingerprint density at radius 3 is 2.50 bits per heavy atom. The molecule has 0 aromatic rings. The van der Waals surface area contributed by atoms with E-state index < -0.39 is 10.2 Å². The molecule has 2 heterocycles. The molecule has 2 unspecified atom stereocenters. The smallest absolute Gasteiger partial charge is 0.282 e. The minimum Gasteiger partial charge on any atom is -0.379 e. The van der Waals surface area contributed by atoms with Gasteiger partial charge in [-0.1, -0.05) is 0 Å². The molecule has 2 aliphatic rings. The minimum atomic E-state index is -3.41. The summed E-state index contributed by atoms with van der Waals surface area (Å²) in [4.78, 5) is 0. The molecular weight excluding hydrogens is 280 g/mol. The van der Waals surface area contributed by atoms with Crippen LogP contribution < -0.4 is 0 Å². The second-order valence-corrected chi connectivity index (χ2v) is 6.80. The standard InChI is InChI=1S/C10H19ClN2O4S/c1-9-7-13(8-10(6-11)17-9)18(14,15)12-2-4-16-5-3-12/h9-10H,2-8H2,1H3. The first kappa shape index (κ1) is 14.5. The molecule has 0 amide bonds. The van der Waals surface area contributed by atoms with Gasteiger partial charge in [0.15, 0.2) is 0 Å². The van der Waals surface area contributed by atoms with Crippen molar-refractivity contribution in [1.82, 2.24) is 8.61 Å². The molecule has 2 atom stereocenters. The number of alkyl halides is 1. The fraction of sp³-hybridized carbons (Fsp3) is 1.00. The topological polar surface area (TPSA) is 59.1 Å². The van der Waals surface area contributed by atoms with E-state index in [0.29, 0.717) is 45.3 Å². The third kappa shape index (κ3) is 3.15. The lowest BCUT2D eigenvalue weighted by atomic mass is 10.3. The molecule has 0 aromatic carbocycles. The van der Waals surface area contributed by atoms with Crippen molar-refractivity contribution in [2.75, 3.05) is 45.3 Å². The fourth-order valence-corrected chi connectivity index (χ4v) is 4.08. The second kappa shape index (κ2) is 6.02. The Hall–Kier alpha value is 0.0800. The number of hydrogen-bond donors (Lipinski definition) is 0. The van der Waals surface area contributed by atoms with E-state index in [1.54, 1.807) is 0 Å². The molecule has 0 aliphatic carbocycles.